The lowest BCUT2D eigenvalue weighted by atomic mass is 10.0. The zero-order chi connectivity index (χ0) is 22.0. The van der Waals surface area contributed by atoms with Gasteiger partial charge in [0.15, 0.2) is 5.82 Å². The van der Waals surface area contributed by atoms with Crippen LogP contribution in [0, 0.1) is 13.8 Å². The molecular weight excluding hydrogens is 400 g/mol. The molecule has 1 saturated heterocycles. The van der Waals surface area contributed by atoms with E-state index in [1.54, 1.807) is 17.8 Å². The molecule has 1 fully saturated rings. The molecule has 0 amide bonds. The molecule has 2 heterocycles. The number of aromatic nitrogens is 2. The average molecular weight is 433 g/mol. The second-order valence-electron chi connectivity index (χ2n) is 7.89. The van der Waals surface area contributed by atoms with Gasteiger partial charge in [-0.25, -0.2) is 4.98 Å². The molecule has 0 saturated carbocycles. The molecule has 4 rings (SSSR count). The van der Waals surface area contributed by atoms with Crippen LogP contribution >= 0.6 is 0 Å². The fraction of sp³-hybridized carbons (Fsp3) is 0.308. The smallest absolute Gasteiger partial charge is 0.293 e. The third kappa shape index (κ3) is 4.75. The van der Waals surface area contributed by atoms with Gasteiger partial charge in [0.25, 0.3) is 5.56 Å². The van der Waals surface area contributed by atoms with E-state index in [-0.39, 0.29) is 13.0 Å². The molecule has 2 aromatic carbocycles. The largest absolute Gasteiger partial charge is 0.378 e. The predicted octanol–water partition coefficient (Wildman–Crippen LogP) is 4.75. The first-order valence-electron chi connectivity index (χ1n) is 10.5. The van der Waals surface area contributed by atoms with Gasteiger partial charge in [0.2, 0.25) is 0 Å². The van der Waals surface area contributed by atoms with Crippen molar-refractivity contribution in [2.45, 2.75) is 21.3 Å². The van der Waals surface area contributed by atoms with Crippen LogP contribution in [-0.4, -0.2) is 40.8 Å². The fourth-order valence-electron chi connectivity index (χ4n) is 3.74. The third-order valence-electron chi connectivity index (χ3n) is 5.83. The predicted molar refractivity (Wildman–Crippen MR) is 132 cm³/mol. The van der Waals surface area contributed by atoms with Crippen LogP contribution in [0.2, 0.25) is 0 Å². The number of hydrogen-bond acceptors (Lipinski definition) is 5. The molecule has 0 unspecified atom stereocenters. The number of ether oxygens (including phenoxy) is 1. The van der Waals surface area contributed by atoms with Crippen molar-refractivity contribution >= 4 is 17.2 Å². The molecule has 32 heavy (non-hydrogen) atoms. The Morgan fingerprint density at radius 3 is 2.47 bits per heavy atom. The molecule has 6 heteroatoms. The highest BCUT2D eigenvalue weighted by atomic mass is 16.5. The number of anilines is 2. The Kier molecular flexibility index (Phi) is 7.15. The monoisotopic (exact) mass is 432 g/mol. The summed E-state index contributed by atoms with van der Waals surface area (Å²) in [5, 5.41) is 3.20. The van der Waals surface area contributed by atoms with Gasteiger partial charge in [-0.2, -0.15) is 0 Å². The van der Waals surface area contributed by atoms with Crippen molar-refractivity contribution in [3.8, 4) is 11.3 Å². The maximum Gasteiger partial charge on any atom is 0.293 e. The van der Waals surface area contributed by atoms with Gasteiger partial charge < -0.3 is 19.5 Å². The van der Waals surface area contributed by atoms with Crippen molar-refractivity contribution in [1.29, 1.82) is 0 Å². The molecular formula is C26H32N4O2. The normalized spacial score (nSPS) is 13.4. The van der Waals surface area contributed by atoms with Crippen LogP contribution in [0.1, 0.15) is 24.1 Å². The topological polar surface area (TPSA) is 59.4 Å². The Hall–Kier alpha value is -3.38. The molecule has 0 bridgehead atoms. The molecule has 0 atom stereocenters. The van der Waals surface area contributed by atoms with Crippen molar-refractivity contribution in [2.24, 2.45) is 7.05 Å². The van der Waals surface area contributed by atoms with Gasteiger partial charge in [0.05, 0.1) is 18.9 Å². The lowest BCUT2D eigenvalue weighted by molar-refractivity contribution is 0.0641. The quantitative estimate of drug-likeness (QED) is 0.631. The van der Waals surface area contributed by atoms with Crippen LogP contribution in [0.25, 0.3) is 17.0 Å². The van der Waals surface area contributed by atoms with Gasteiger partial charge in [0, 0.05) is 43.3 Å². The molecule has 6 nitrogen and oxygen atoms in total. The minimum atomic E-state index is -0.171. The van der Waals surface area contributed by atoms with Gasteiger partial charge in [-0.05, 0) is 42.7 Å². The number of hydrogen-bond donors (Lipinski definition) is 1. The highest BCUT2D eigenvalue weighted by Crippen LogP contribution is 2.25. The van der Waals surface area contributed by atoms with Crippen LogP contribution in [0.15, 0.2) is 60.0 Å². The van der Waals surface area contributed by atoms with E-state index in [4.69, 9.17) is 4.74 Å². The Morgan fingerprint density at radius 1 is 1.09 bits per heavy atom. The molecule has 1 aromatic heterocycles. The van der Waals surface area contributed by atoms with Crippen LogP contribution in [0.3, 0.4) is 0 Å². The molecule has 168 valence electrons. The Morgan fingerprint density at radius 2 is 1.78 bits per heavy atom. The van der Waals surface area contributed by atoms with E-state index in [0.717, 1.165) is 60.1 Å². The SMILES string of the molecule is C.C=C(c1ccc(Nc2nc(-c3cccc(C)c3C)cn(C)c2=O)cc1)N1CCOCC1. The number of aryl methyl sites for hydroxylation is 2. The zero-order valence-corrected chi connectivity index (χ0v) is 18.3. The van der Waals surface area contributed by atoms with Crippen LogP contribution in [-0.2, 0) is 11.8 Å². The van der Waals surface area contributed by atoms with E-state index in [1.165, 1.54) is 5.56 Å². The number of nitrogens with zero attached hydrogens (tertiary/aromatic N) is 3. The van der Waals surface area contributed by atoms with E-state index in [9.17, 15) is 4.79 Å². The molecule has 1 aliphatic heterocycles. The van der Waals surface area contributed by atoms with E-state index < -0.39 is 0 Å². The summed E-state index contributed by atoms with van der Waals surface area (Å²) < 4.78 is 6.99. The minimum Gasteiger partial charge on any atom is -0.378 e. The van der Waals surface area contributed by atoms with Crippen LogP contribution in [0.4, 0.5) is 11.5 Å². The standard InChI is InChI=1S/C25H28N4O2.CH4/c1-17-6-5-7-22(18(17)2)23-16-28(4)25(30)24(27-23)26-21-10-8-20(9-11-21)19(3)29-12-14-31-15-13-29;/h5-11,16H,3,12-15H2,1-2,4H3,(H,26,27);1H4. The van der Waals surface area contributed by atoms with Crippen molar-refractivity contribution < 1.29 is 4.74 Å². The van der Waals surface area contributed by atoms with Crippen molar-refractivity contribution in [3.05, 3.63) is 82.3 Å². The summed E-state index contributed by atoms with van der Waals surface area (Å²) in [6.07, 6.45) is 1.78. The number of nitrogens with one attached hydrogen (secondary N) is 1. The summed E-state index contributed by atoms with van der Waals surface area (Å²) in [6, 6.07) is 14.0. The number of benzene rings is 2. The van der Waals surface area contributed by atoms with Crippen LogP contribution < -0.4 is 10.9 Å². The lowest BCUT2D eigenvalue weighted by Crippen LogP contribution is -2.34. The minimum absolute atomic E-state index is 0. The van der Waals surface area contributed by atoms with Gasteiger partial charge in [-0.1, -0.05) is 44.3 Å². The second-order valence-corrected chi connectivity index (χ2v) is 7.89. The lowest BCUT2D eigenvalue weighted by Gasteiger charge is -2.30. The van der Waals surface area contributed by atoms with Gasteiger partial charge in [-0.3, -0.25) is 4.79 Å². The van der Waals surface area contributed by atoms with Crippen molar-refractivity contribution in [1.82, 2.24) is 14.5 Å². The van der Waals surface area contributed by atoms with Crippen LogP contribution in [0.5, 0.6) is 0 Å². The van der Waals surface area contributed by atoms with E-state index >= 15 is 0 Å². The highest BCUT2D eigenvalue weighted by Gasteiger charge is 2.14. The summed E-state index contributed by atoms with van der Waals surface area (Å²) in [5.74, 6) is 0.306. The Balaban J connectivity index is 0.00000289. The second kappa shape index (κ2) is 9.83. The average Bonchev–Trinajstić information content (AvgIpc) is 2.79. The van der Waals surface area contributed by atoms with E-state index in [1.807, 2.05) is 36.4 Å². The first kappa shape index (κ1) is 23.3. The first-order valence-corrected chi connectivity index (χ1v) is 10.5. The molecule has 0 radical (unpaired) electrons. The Bertz CT molecular complexity index is 1160. The maximum atomic E-state index is 12.7. The number of morpholine rings is 1. The van der Waals surface area contributed by atoms with Crippen molar-refractivity contribution in [2.75, 3.05) is 31.6 Å². The van der Waals surface area contributed by atoms with E-state index in [0.29, 0.717) is 5.82 Å². The Labute approximate surface area is 190 Å². The van der Waals surface area contributed by atoms with Gasteiger partial charge >= 0.3 is 0 Å². The molecule has 1 N–H and O–H groups in total. The first-order chi connectivity index (χ1) is 14.9. The zero-order valence-electron chi connectivity index (χ0n) is 18.3. The van der Waals surface area contributed by atoms with Crippen molar-refractivity contribution in [3.63, 3.8) is 0 Å². The summed E-state index contributed by atoms with van der Waals surface area (Å²) in [6.45, 7) is 11.5. The molecule has 0 spiro atoms. The third-order valence-corrected chi connectivity index (χ3v) is 5.83. The molecule has 0 aliphatic carbocycles. The van der Waals surface area contributed by atoms with Gasteiger partial charge in [-0.15, -0.1) is 0 Å². The van der Waals surface area contributed by atoms with Gasteiger partial charge in [0.1, 0.15) is 0 Å². The molecule has 3 aromatic rings. The summed E-state index contributed by atoms with van der Waals surface area (Å²) in [7, 11) is 1.75. The number of rotatable bonds is 5. The summed E-state index contributed by atoms with van der Waals surface area (Å²) in [4.78, 5) is 19.6. The fourth-order valence-corrected chi connectivity index (χ4v) is 3.74. The summed E-state index contributed by atoms with van der Waals surface area (Å²) >= 11 is 0. The maximum absolute atomic E-state index is 12.7. The molecule has 1 aliphatic rings. The highest BCUT2D eigenvalue weighted by molar-refractivity contribution is 5.68. The summed E-state index contributed by atoms with van der Waals surface area (Å²) in [5.41, 5.74) is 6.82. The van der Waals surface area contributed by atoms with E-state index in [2.05, 4.69) is 41.7 Å².